The SMILES string of the molecule is COC(=O)CCN1CCN(C(=O)CSC(C)C)CC1. The molecule has 0 aromatic carbocycles. The van der Waals surface area contributed by atoms with E-state index in [2.05, 4.69) is 23.5 Å². The van der Waals surface area contributed by atoms with Crippen LogP contribution in [-0.4, -0.2) is 72.5 Å². The van der Waals surface area contributed by atoms with Gasteiger partial charge in [-0.15, -0.1) is 11.8 Å². The highest BCUT2D eigenvalue weighted by atomic mass is 32.2. The lowest BCUT2D eigenvalue weighted by molar-refractivity contribution is -0.141. The molecule has 6 heteroatoms. The summed E-state index contributed by atoms with van der Waals surface area (Å²) in [7, 11) is 1.41. The van der Waals surface area contributed by atoms with Gasteiger partial charge in [-0.05, 0) is 5.25 Å². The van der Waals surface area contributed by atoms with Gasteiger partial charge in [0.2, 0.25) is 5.91 Å². The first-order valence-corrected chi connectivity index (χ1v) is 7.76. The van der Waals surface area contributed by atoms with Crippen molar-refractivity contribution in [2.45, 2.75) is 25.5 Å². The second-order valence-corrected chi connectivity index (χ2v) is 6.47. The van der Waals surface area contributed by atoms with Gasteiger partial charge in [0, 0.05) is 32.7 Å². The van der Waals surface area contributed by atoms with Crippen LogP contribution in [0, 0.1) is 0 Å². The van der Waals surface area contributed by atoms with E-state index < -0.39 is 0 Å². The van der Waals surface area contributed by atoms with E-state index in [9.17, 15) is 9.59 Å². The van der Waals surface area contributed by atoms with Gasteiger partial charge in [0.05, 0.1) is 19.3 Å². The smallest absolute Gasteiger partial charge is 0.306 e. The summed E-state index contributed by atoms with van der Waals surface area (Å²) >= 11 is 1.68. The number of rotatable bonds is 6. The Balaban J connectivity index is 2.21. The van der Waals surface area contributed by atoms with Gasteiger partial charge in [-0.3, -0.25) is 14.5 Å². The van der Waals surface area contributed by atoms with E-state index in [0.29, 0.717) is 17.4 Å². The van der Waals surface area contributed by atoms with Gasteiger partial charge in [0.25, 0.3) is 0 Å². The number of piperazine rings is 1. The third-order valence-electron chi connectivity index (χ3n) is 3.12. The monoisotopic (exact) mass is 288 g/mol. The summed E-state index contributed by atoms with van der Waals surface area (Å²) in [5.41, 5.74) is 0. The molecule has 0 saturated carbocycles. The quantitative estimate of drug-likeness (QED) is 0.678. The van der Waals surface area contributed by atoms with Gasteiger partial charge in [0.1, 0.15) is 0 Å². The molecule has 110 valence electrons. The molecule has 0 radical (unpaired) electrons. The van der Waals surface area contributed by atoms with Crippen LogP contribution in [0.2, 0.25) is 0 Å². The molecule has 1 rings (SSSR count). The van der Waals surface area contributed by atoms with Gasteiger partial charge in [-0.2, -0.15) is 0 Å². The van der Waals surface area contributed by atoms with Crippen molar-refractivity contribution in [2.24, 2.45) is 0 Å². The minimum Gasteiger partial charge on any atom is -0.469 e. The van der Waals surface area contributed by atoms with Crippen LogP contribution in [0.25, 0.3) is 0 Å². The van der Waals surface area contributed by atoms with Gasteiger partial charge < -0.3 is 9.64 Å². The Morgan fingerprint density at radius 2 is 1.84 bits per heavy atom. The van der Waals surface area contributed by atoms with Crippen molar-refractivity contribution in [3.8, 4) is 0 Å². The Morgan fingerprint density at radius 1 is 1.21 bits per heavy atom. The van der Waals surface area contributed by atoms with Crippen LogP contribution in [0.3, 0.4) is 0 Å². The van der Waals surface area contributed by atoms with Gasteiger partial charge >= 0.3 is 5.97 Å². The Labute approximate surface area is 119 Å². The zero-order valence-electron chi connectivity index (χ0n) is 12.1. The van der Waals surface area contributed by atoms with Gasteiger partial charge in [0.15, 0.2) is 0 Å². The second-order valence-electron chi connectivity index (χ2n) is 4.91. The van der Waals surface area contributed by atoms with Crippen LogP contribution in [0.15, 0.2) is 0 Å². The van der Waals surface area contributed by atoms with E-state index in [1.165, 1.54) is 7.11 Å². The van der Waals surface area contributed by atoms with Crippen molar-refractivity contribution in [1.29, 1.82) is 0 Å². The molecule has 1 aliphatic heterocycles. The predicted molar refractivity (Wildman–Crippen MR) is 77.2 cm³/mol. The number of methoxy groups -OCH3 is 1. The van der Waals surface area contributed by atoms with Gasteiger partial charge in [-0.1, -0.05) is 13.8 Å². The maximum atomic E-state index is 11.9. The number of nitrogens with zero attached hydrogens (tertiary/aromatic N) is 2. The maximum Gasteiger partial charge on any atom is 0.306 e. The lowest BCUT2D eigenvalue weighted by Crippen LogP contribution is -2.49. The summed E-state index contributed by atoms with van der Waals surface area (Å²) < 4.78 is 4.62. The van der Waals surface area contributed by atoms with E-state index in [1.807, 2.05) is 4.90 Å². The van der Waals surface area contributed by atoms with E-state index in [4.69, 9.17) is 0 Å². The van der Waals surface area contributed by atoms with Crippen LogP contribution in [-0.2, 0) is 14.3 Å². The summed E-state index contributed by atoms with van der Waals surface area (Å²) in [5, 5.41) is 0.491. The van der Waals surface area contributed by atoms with Crippen molar-refractivity contribution in [1.82, 2.24) is 9.80 Å². The molecule has 1 amide bonds. The highest BCUT2D eigenvalue weighted by molar-refractivity contribution is 8.00. The normalized spacial score (nSPS) is 16.7. The van der Waals surface area contributed by atoms with E-state index in [-0.39, 0.29) is 11.9 Å². The molecule has 0 aromatic rings. The maximum absolute atomic E-state index is 11.9. The lowest BCUT2D eigenvalue weighted by atomic mass is 10.3. The number of hydrogen-bond acceptors (Lipinski definition) is 5. The Kier molecular flexibility index (Phi) is 7.23. The third-order valence-corrected chi connectivity index (χ3v) is 4.21. The van der Waals surface area contributed by atoms with E-state index in [1.54, 1.807) is 11.8 Å². The highest BCUT2D eigenvalue weighted by Crippen LogP contribution is 2.11. The molecule has 1 saturated heterocycles. The Morgan fingerprint density at radius 3 is 2.37 bits per heavy atom. The number of esters is 1. The third kappa shape index (κ3) is 6.29. The minimum atomic E-state index is -0.174. The first-order valence-electron chi connectivity index (χ1n) is 6.71. The predicted octanol–water partition coefficient (Wildman–Crippen LogP) is 0.835. The standard InChI is InChI=1S/C13H24N2O3S/c1-11(2)19-10-12(16)15-8-6-14(7-9-15)5-4-13(17)18-3/h11H,4-10H2,1-3H3. The minimum absolute atomic E-state index is 0.174. The zero-order chi connectivity index (χ0) is 14.3. The van der Waals surface area contributed by atoms with Crippen LogP contribution < -0.4 is 0 Å². The topological polar surface area (TPSA) is 49.9 Å². The van der Waals surface area contributed by atoms with Crippen molar-refractivity contribution < 1.29 is 14.3 Å². The molecule has 0 spiro atoms. The van der Waals surface area contributed by atoms with E-state index >= 15 is 0 Å². The summed E-state index contributed by atoms with van der Waals surface area (Å²) in [5.74, 6) is 0.623. The average Bonchev–Trinajstić information content (AvgIpc) is 2.42. The molecule has 1 fully saturated rings. The van der Waals surface area contributed by atoms with Crippen molar-refractivity contribution in [2.75, 3.05) is 45.6 Å². The largest absolute Gasteiger partial charge is 0.469 e. The molecule has 0 unspecified atom stereocenters. The number of ether oxygens (including phenoxy) is 1. The van der Waals surface area contributed by atoms with Crippen LogP contribution in [0.4, 0.5) is 0 Å². The molecule has 1 heterocycles. The number of carbonyl (C=O) groups excluding carboxylic acids is 2. The molecule has 5 nitrogen and oxygen atoms in total. The molecule has 0 bridgehead atoms. The Hall–Kier alpha value is -0.750. The number of thioether (sulfide) groups is 1. The fraction of sp³-hybridized carbons (Fsp3) is 0.846. The fourth-order valence-corrected chi connectivity index (χ4v) is 2.56. The van der Waals surface area contributed by atoms with Crippen molar-refractivity contribution in [3.05, 3.63) is 0 Å². The second kappa shape index (κ2) is 8.43. The van der Waals surface area contributed by atoms with Crippen LogP contribution >= 0.6 is 11.8 Å². The van der Waals surface area contributed by atoms with Crippen LogP contribution in [0.1, 0.15) is 20.3 Å². The number of carbonyl (C=O) groups is 2. The number of amides is 1. The molecule has 0 atom stereocenters. The first-order chi connectivity index (χ1) is 9.02. The van der Waals surface area contributed by atoms with Crippen molar-refractivity contribution >= 4 is 23.6 Å². The summed E-state index contributed by atoms with van der Waals surface area (Å²) in [4.78, 5) is 27.1. The zero-order valence-corrected chi connectivity index (χ0v) is 12.9. The average molecular weight is 288 g/mol. The fourth-order valence-electron chi connectivity index (χ4n) is 1.90. The molecule has 1 aliphatic rings. The lowest BCUT2D eigenvalue weighted by Gasteiger charge is -2.34. The van der Waals surface area contributed by atoms with E-state index in [0.717, 1.165) is 32.7 Å². The molecule has 0 aromatic heterocycles. The summed E-state index contributed by atoms with van der Waals surface area (Å²) in [6, 6.07) is 0. The molecule has 0 aliphatic carbocycles. The molecule has 0 N–H and O–H groups in total. The molecular formula is C13H24N2O3S. The highest BCUT2D eigenvalue weighted by Gasteiger charge is 2.21. The van der Waals surface area contributed by atoms with Crippen molar-refractivity contribution in [3.63, 3.8) is 0 Å². The molecular weight excluding hydrogens is 264 g/mol. The summed E-state index contributed by atoms with van der Waals surface area (Å²) in [6.45, 7) is 8.13. The first kappa shape index (κ1) is 16.3. The van der Waals surface area contributed by atoms with Crippen LogP contribution in [0.5, 0.6) is 0 Å². The number of hydrogen-bond donors (Lipinski definition) is 0. The summed E-state index contributed by atoms with van der Waals surface area (Å²) in [6.07, 6.45) is 0.424. The van der Waals surface area contributed by atoms with Gasteiger partial charge in [-0.25, -0.2) is 0 Å². The molecule has 19 heavy (non-hydrogen) atoms. The Bertz CT molecular complexity index is 302.